The van der Waals surface area contributed by atoms with E-state index in [-0.39, 0.29) is 28.9 Å². The lowest BCUT2D eigenvalue weighted by Crippen LogP contribution is -2.48. The summed E-state index contributed by atoms with van der Waals surface area (Å²) in [5.41, 5.74) is 0. The first kappa shape index (κ1) is 22.1. The van der Waals surface area contributed by atoms with E-state index < -0.39 is 20.0 Å². The maximum absolute atomic E-state index is 12.9. The van der Waals surface area contributed by atoms with Crippen LogP contribution in [0.5, 0.6) is 0 Å². The van der Waals surface area contributed by atoms with Crippen molar-refractivity contribution in [2.24, 2.45) is 0 Å². The summed E-state index contributed by atoms with van der Waals surface area (Å²) in [4.78, 5) is 10.5. The van der Waals surface area contributed by atoms with E-state index in [4.69, 9.17) is 4.74 Å². The fourth-order valence-corrected chi connectivity index (χ4v) is 6.39. The van der Waals surface area contributed by atoms with Crippen LogP contribution in [0.1, 0.15) is 12.8 Å². The molecule has 0 radical (unpaired) electrons. The number of benzene rings is 1. The number of nitrogens with zero attached hydrogens (tertiary/aromatic N) is 4. The van der Waals surface area contributed by atoms with E-state index in [1.165, 1.54) is 28.6 Å². The van der Waals surface area contributed by atoms with Gasteiger partial charge in [-0.2, -0.15) is 4.31 Å². The van der Waals surface area contributed by atoms with Crippen LogP contribution in [-0.2, 0) is 24.8 Å². The van der Waals surface area contributed by atoms with Crippen molar-refractivity contribution in [2.75, 3.05) is 44.3 Å². The number of morpholine rings is 1. The van der Waals surface area contributed by atoms with Crippen LogP contribution in [-0.4, -0.2) is 76.5 Å². The lowest BCUT2D eigenvalue weighted by Gasteiger charge is -2.32. The molecule has 0 aliphatic carbocycles. The summed E-state index contributed by atoms with van der Waals surface area (Å²) in [6.45, 7) is 2.49. The van der Waals surface area contributed by atoms with Crippen molar-refractivity contribution < 1.29 is 21.6 Å². The zero-order valence-electron chi connectivity index (χ0n) is 16.9. The lowest BCUT2D eigenvalue weighted by molar-refractivity contribution is 0.0730. The Kier molecular flexibility index (Phi) is 6.53. The highest BCUT2D eigenvalue weighted by molar-refractivity contribution is 7.89. The third-order valence-electron chi connectivity index (χ3n) is 5.32. The first-order valence-electron chi connectivity index (χ1n) is 10.1. The Bertz CT molecular complexity index is 1090. The Morgan fingerprint density at radius 3 is 2.26 bits per heavy atom. The molecule has 0 bridgehead atoms. The molecule has 168 valence electrons. The van der Waals surface area contributed by atoms with E-state index in [9.17, 15) is 16.8 Å². The Hall–Kier alpha value is -2.12. The first-order chi connectivity index (χ1) is 14.9. The fraction of sp³-hybridized carbons (Fsp3) is 0.474. The van der Waals surface area contributed by atoms with Crippen LogP contribution in [0, 0.1) is 0 Å². The first-order valence-corrected chi connectivity index (χ1v) is 13.0. The molecule has 1 N–H and O–H groups in total. The van der Waals surface area contributed by atoms with Crippen LogP contribution < -0.4 is 9.62 Å². The van der Waals surface area contributed by atoms with Gasteiger partial charge < -0.3 is 9.64 Å². The average molecular weight is 468 g/mol. The van der Waals surface area contributed by atoms with Gasteiger partial charge in [0.25, 0.3) is 0 Å². The number of aromatic nitrogens is 2. The van der Waals surface area contributed by atoms with Crippen molar-refractivity contribution in [1.82, 2.24) is 19.0 Å². The molecule has 31 heavy (non-hydrogen) atoms. The van der Waals surface area contributed by atoms with Gasteiger partial charge in [0.2, 0.25) is 26.0 Å². The summed E-state index contributed by atoms with van der Waals surface area (Å²) in [6, 6.07) is 6.78. The van der Waals surface area contributed by atoms with E-state index in [0.29, 0.717) is 32.1 Å². The van der Waals surface area contributed by atoms with Gasteiger partial charge in [0.15, 0.2) is 0 Å². The highest BCUT2D eigenvalue weighted by Gasteiger charge is 2.29. The van der Waals surface area contributed by atoms with Crippen molar-refractivity contribution in [1.29, 1.82) is 0 Å². The van der Waals surface area contributed by atoms with Crippen LogP contribution in [0.3, 0.4) is 0 Å². The topological polar surface area (TPSA) is 122 Å². The third kappa shape index (κ3) is 5.04. The van der Waals surface area contributed by atoms with E-state index >= 15 is 0 Å². The Morgan fingerprint density at radius 1 is 0.935 bits per heavy atom. The molecule has 1 aromatic carbocycles. The maximum atomic E-state index is 12.9. The Balaban J connectivity index is 1.45. The average Bonchev–Trinajstić information content (AvgIpc) is 2.80. The summed E-state index contributed by atoms with van der Waals surface area (Å²) in [7, 11) is -7.47. The van der Waals surface area contributed by atoms with Gasteiger partial charge in [-0.15, -0.1) is 0 Å². The van der Waals surface area contributed by atoms with Gasteiger partial charge >= 0.3 is 0 Å². The molecule has 2 aliphatic rings. The second kappa shape index (κ2) is 9.17. The number of piperidine rings is 1. The zero-order chi connectivity index (χ0) is 21.9. The minimum absolute atomic E-state index is 0.0292. The van der Waals surface area contributed by atoms with Crippen LogP contribution in [0.4, 0.5) is 5.95 Å². The van der Waals surface area contributed by atoms with Gasteiger partial charge in [0, 0.05) is 44.6 Å². The molecule has 10 nitrogen and oxygen atoms in total. The Morgan fingerprint density at radius 2 is 1.58 bits per heavy atom. The second-order valence-electron chi connectivity index (χ2n) is 7.44. The van der Waals surface area contributed by atoms with Gasteiger partial charge in [-0.1, -0.05) is 0 Å². The fourth-order valence-electron chi connectivity index (χ4n) is 3.72. The minimum Gasteiger partial charge on any atom is -0.379 e. The highest BCUT2D eigenvalue weighted by atomic mass is 32.2. The SMILES string of the molecule is O=S(=O)(NC1CCCN(c2ncccn2)C1)c1ccc(S(=O)(=O)N2CCOCC2)cc1. The maximum Gasteiger partial charge on any atom is 0.243 e. The predicted molar refractivity (Wildman–Crippen MR) is 114 cm³/mol. The normalized spacial score (nSPS) is 21.2. The standard InChI is InChI=1S/C19H25N5O5S2/c25-30(26,22-16-3-1-10-23(15-16)19-20-8-2-9-21-19)17-4-6-18(7-5-17)31(27,28)24-11-13-29-14-12-24/h2,4-9,16,22H,1,3,10-15H2. The summed E-state index contributed by atoms with van der Waals surface area (Å²) >= 11 is 0. The van der Waals surface area contributed by atoms with Crippen molar-refractivity contribution >= 4 is 26.0 Å². The monoisotopic (exact) mass is 467 g/mol. The van der Waals surface area contributed by atoms with Gasteiger partial charge in [0.1, 0.15) is 0 Å². The van der Waals surface area contributed by atoms with Crippen molar-refractivity contribution in [3.8, 4) is 0 Å². The molecule has 12 heteroatoms. The molecule has 1 atom stereocenters. The number of hydrogen-bond acceptors (Lipinski definition) is 8. The smallest absolute Gasteiger partial charge is 0.243 e. The van der Waals surface area contributed by atoms with E-state index in [2.05, 4.69) is 14.7 Å². The van der Waals surface area contributed by atoms with Crippen LogP contribution in [0.25, 0.3) is 0 Å². The number of sulfonamides is 2. The van der Waals surface area contributed by atoms with Gasteiger partial charge in [-0.05, 0) is 43.2 Å². The van der Waals surface area contributed by atoms with Gasteiger partial charge in [-0.3, -0.25) is 0 Å². The van der Waals surface area contributed by atoms with Crippen LogP contribution >= 0.6 is 0 Å². The van der Waals surface area contributed by atoms with Crippen LogP contribution in [0.15, 0.2) is 52.5 Å². The largest absolute Gasteiger partial charge is 0.379 e. The number of ether oxygens (including phenoxy) is 1. The molecule has 2 aromatic rings. The molecule has 2 aliphatic heterocycles. The molecule has 2 fully saturated rings. The van der Waals surface area contributed by atoms with E-state index in [0.717, 1.165) is 13.0 Å². The minimum atomic E-state index is -3.80. The predicted octanol–water partition coefficient (Wildman–Crippen LogP) is 0.445. The van der Waals surface area contributed by atoms with E-state index in [1.54, 1.807) is 18.5 Å². The summed E-state index contributed by atoms with van der Waals surface area (Å²) < 4.78 is 60.5. The Labute approximate surface area is 182 Å². The summed E-state index contributed by atoms with van der Waals surface area (Å²) in [5, 5.41) is 0. The van der Waals surface area contributed by atoms with E-state index in [1.807, 2.05) is 4.90 Å². The lowest BCUT2D eigenvalue weighted by atomic mass is 10.1. The molecule has 1 aromatic heterocycles. The highest BCUT2D eigenvalue weighted by Crippen LogP contribution is 2.21. The van der Waals surface area contributed by atoms with Gasteiger partial charge in [-0.25, -0.2) is 31.5 Å². The van der Waals surface area contributed by atoms with Gasteiger partial charge in [0.05, 0.1) is 23.0 Å². The number of hydrogen-bond donors (Lipinski definition) is 1. The zero-order valence-corrected chi connectivity index (χ0v) is 18.6. The molecule has 3 heterocycles. The molecule has 4 rings (SSSR count). The number of rotatable bonds is 6. The quantitative estimate of drug-likeness (QED) is 0.650. The molecular weight excluding hydrogens is 442 g/mol. The summed E-state index contributed by atoms with van der Waals surface area (Å²) in [6.07, 6.45) is 4.82. The summed E-state index contributed by atoms with van der Waals surface area (Å²) in [5.74, 6) is 0.573. The molecule has 0 saturated carbocycles. The molecule has 0 amide bonds. The van der Waals surface area contributed by atoms with Crippen molar-refractivity contribution in [2.45, 2.75) is 28.7 Å². The third-order valence-corrected chi connectivity index (χ3v) is 8.77. The number of nitrogens with one attached hydrogen (secondary N) is 1. The molecule has 2 saturated heterocycles. The molecule has 0 spiro atoms. The van der Waals surface area contributed by atoms with Crippen molar-refractivity contribution in [3.05, 3.63) is 42.7 Å². The molecule has 1 unspecified atom stereocenters. The second-order valence-corrected chi connectivity index (χ2v) is 11.1. The van der Waals surface area contributed by atoms with Crippen molar-refractivity contribution in [3.63, 3.8) is 0 Å². The number of anilines is 1. The molecular formula is C19H25N5O5S2. The van der Waals surface area contributed by atoms with Crippen LogP contribution in [0.2, 0.25) is 0 Å².